The molecule has 2 aromatic rings. The van der Waals surface area contributed by atoms with Crippen molar-refractivity contribution in [2.75, 3.05) is 39.3 Å². The number of fused-ring (bicyclic) bond motifs is 1. The maximum Gasteiger partial charge on any atom is 0.274 e. The van der Waals surface area contributed by atoms with Gasteiger partial charge in [0.2, 0.25) is 0 Å². The van der Waals surface area contributed by atoms with Crippen LogP contribution in [0.5, 0.6) is 5.75 Å². The van der Waals surface area contributed by atoms with Gasteiger partial charge in [-0.3, -0.25) is 14.8 Å². The molecule has 1 aliphatic carbocycles. The molecule has 1 saturated heterocycles. The standard InChI is InChI=1S/C29H42N4O2/c1-22(2)25-19-26(31-30-25)28(34)33-15-13-29(14-16-33)12-6-5-8-24-7-3-4-9-27(24)35-18-17-32(21-29)20-23-10-11-23/h3-4,7,9,19,22-23H,5-6,8,10-18,20-21H2,1-2H3,(H,30,31). The number of aromatic amines is 1. The molecule has 3 heterocycles. The second kappa shape index (κ2) is 10.7. The maximum atomic E-state index is 13.2. The molecule has 3 aliphatic rings. The van der Waals surface area contributed by atoms with Crippen molar-refractivity contribution in [3.63, 3.8) is 0 Å². The van der Waals surface area contributed by atoms with Crippen LogP contribution in [0.2, 0.25) is 0 Å². The number of H-pyrrole nitrogens is 1. The van der Waals surface area contributed by atoms with Gasteiger partial charge in [0.05, 0.1) is 0 Å². The summed E-state index contributed by atoms with van der Waals surface area (Å²) < 4.78 is 6.28. The fourth-order valence-electron chi connectivity index (χ4n) is 5.90. The van der Waals surface area contributed by atoms with Gasteiger partial charge in [0.1, 0.15) is 18.1 Å². The number of piperidine rings is 1. The molecular formula is C29H42N4O2. The minimum Gasteiger partial charge on any atom is -0.492 e. The Kier molecular flexibility index (Phi) is 7.47. The molecule has 1 saturated carbocycles. The van der Waals surface area contributed by atoms with Crippen molar-refractivity contribution in [1.29, 1.82) is 0 Å². The first kappa shape index (κ1) is 24.4. The number of rotatable bonds is 4. The minimum absolute atomic E-state index is 0.0796. The number of aryl methyl sites for hydroxylation is 1. The predicted octanol–water partition coefficient (Wildman–Crippen LogP) is 5.27. The Bertz CT molecular complexity index is 988. The highest BCUT2D eigenvalue weighted by molar-refractivity contribution is 5.92. The van der Waals surface area contributed by atoms with Crippen molar-refractivity contribution in [1.82, 2.24) is 20.0 Å². The largest absolute Gasteiger partial charge is 0.492 e. The average molecular weight is 479 g/mol. The van der Waals surface area contributed by atoms with Crippen molar-refractivity contribution in [3.8, 4) is 5.75 Å². The monoisotopic (exact) mass is 478 g/mol. The zero-order chi connectivity index (χ0) is 24.3. The number of ether oxygens (including phenoxy) is 1. The predicted molar refractivity (Wildman–Crippen MR) is 139 cm³/mol. The van der Waals surface area contributed by atoms with Crippen LogP contribution in [0, 0.1) is 11.3 Å². The third kappa shape index (κ3) is 6.08. The summed E-state index contributed by atoms with van der Waals surface area (Å²) >= 11 is 0. The molecule has 2 aliphatic heterocycles. The van der Waals surface area contributed by atoms with E-state index in [-0.39, 0.29) is 5.91 Å². The van der Waals surface area contributed by atoms with Gasteiger partial charge in [0.15, 0.2) is 0 Å². The van der Waals surface area contributed by atoms with Crippen molar-refractivity contribution in [2.45, 2.75) is 71.1 Å². The van der Waals surface area contributed by atoms with Crippen molar-refractivity contribution < 1.29 is 9.53 Å². The lowest BCUT2D eigenvalue weighted by Gasteiger charge is -2.45. The number of hydrogen-bond acceptors (Lipinski definition) is 4. The highest BCUT2D eigenvalue weighted by atomic mass is 16.5. The van der Waals surface area contributed by atoms with E-state index < -0.39 is 0 Å². The molecule has 0 bridgehead atoms. The third-order valence-corrected chi connectivity index (χ3v) is 8.36. The number of benzene rings is 1. The summed E-state index contributed by atoms with van der Waals surface area (Å²) in [5.74, 6) is 2.36. The minimum atomic E-state index is 0.0796. The molecule has 6 nitrogen and oxygen atoms in total. The number of carbonyl (C=O) groups is 1. The molecule has 1 aromatic carbocycles. The van der Waals surface area contributed by atoms with E-state index in [1.54, 1.807) is 0 Å². The SMILES string of the molecule is CC(C)c1cc(C(=O)N2CCC3(CCCCc4ccccc4OCCN(CC4CC4)C3)CC2)n[nH]1. The second-order valence-electron chi connectivity index (χ2n) is 11.5. The normalized spacial score (nSPS) is 21.7. The van der Waals surface area contributed by atoms with Gasteiger partial charge in [-0.1, -0.05) is 38.5 Å². The van der Waals surface area contributed by atoms with Crippen molar-refractivity contribution in [2.24, 2.45) is 11.3 Å². The average Bonchev–Trinajstić information content (AvgIpc) is 3.52. The first-order chi connectivity index (χ1) is 17.0. The highest BCUT2D eigenvalue weighted by Crippen LogP contribution is 2.40. The van der Waals surface area contributed by atoms with E-state index >= 15 is 0 Å². The topological polar surface area (TPSA) is 61.5 Å². The smallest absolute Gasteiger partial charge is 0.274 e. The van der Waals surface area contributed by atoms with Gasteiger partial charge in [-0.25, -0.2) is 0 Å². The first-order valence-electron chi connectivity index (χ1n) is 13.8. The van der Waals surface area contributed by atoms with Crippen LogP contribution in [0.3, 0.4) is 0 Å². The van der Waals surface area contributed by atoms with E-state index in [9.17, 15) is 4.79 Å². The maximum absolute atomic E-state index is 13.2. The Morgan fingerprint density at radius 3 is 2.69 bits per heavy atom. The molecule has 1 amide bonds. The van der Waals surface area contributed by atoms with Crippen molar-refractivity contribution in [3.05, 3.63) is 47.3 Å². The van der Waals surface area contributed by atoms with Crippen LogP contribution in [-0.4, -0.2) is 65.2 Å². The van der Waals surface area contributed by atoms with Gasteiger partial charge < -0.3 is 9.64 Å². The molecule has 0 atom stereocenters. The van der Waals surface area contributed by atoms with Gasteiger partial charge in [-0.15, -0.1) is 0 Å². The number of nitrogens with one attached hydrogen (secondary N) is 1. The van der Waals surface area contributed by atoms with E-state index in [1.165, 1.54) is 44.2 Å². The molecule has 0 unspecified atom stereocenters. The number of hydrogen-bond donors (Lipinski definition) is 1. The number of nitrogens with zero attached hydrogens (tertiary/aromatic N) is 3. The highest BCUT2D eigenvalue weighted by Gasteiger charge is 2.38. The van der Waals surface area contributed by atoms with Crippen LogP contribution in [0.15, 0.2) is 30.3 Å². The summed E-state index contributed by atoms with van der Waals surface area (Å²) in [5.41, 5.74) is 3.23. The van der Waals surface area contributed by atoms with Crippen LogP contribution >= 0.6 is 0 Å². The molecule has 1 aromatic heterocycles. The Morgan fingerprint density at radius 1 is 1.14 bits per heavy atom. The molecular weight excluding hydrogens is 436 g/mol. The number of carbonyl (C=O) groups excluding carboxylic acids is 1. The van der Waals surface area contributed by atoms with E-state index in [1.807, 2.05) is 11.0 Å². The Hall–Kier alpha value is -2.34. The molecule has 0 radical (unpaired) electrons. The van der Waals surface area contributed by atoms with Crippen LogP contribution < -0.4 is 4.74 Å². The van der Waals surface area contributed by atoms with E-state index in [4.69, 9.17) is 4.74 Å². The van der Waals surface area contributed by atoms with E-state index in [2.05, 4.69) is 53.2 Å². The zero-order valence-corrected chi connectivity index (χ0v) is 21.6. The second-order valence-corrected chi connectivity index (χ2v) is 11.5. The summed E-state index contributed by atoms with van der Waals surface area (Å²) in [5, 5.41) is 7.36. The molecule has 6 heteroatoms. The summed E-state index contributed by atoms with van der Waals surface area (Å²) in [6, 6.07) is 10.5. The van der Waals surface area contributed by atoms with Gasteiger partial charge in [-0.05, 0) is 79.9 Å². The Balaban J connectivity index is 1.26. The number of likely N-dealkylation sites (tertiary alicyclic amines) is 1. The number of para-hydroxylation sites is 1. The Labute approximate surface area is 210 Å². The molecule has 1 spiro atoms. The van der Waals surface area contributed by atoms with Crippen LogP contribution in [-0.2, 0) is 6.42 Å². The quantitative estimate of drug-likeness (QED) is 0.650. The summed E-state index contributed by atoms with van der Waals surface area (Å²) in [4.78, 5) is 17.9. The van der Waals surface area contributed by atoms with Gasteiger partial charge in [0.25, 0.3) is 5.91 Å². The lowest BCUT2D eigenvalue weighted by Crippen LogP contribution is -2.49. The molecule has 2 fully saturated rings. The zero-order valence-electron chi connectivity index (χ0n) is 21.6. The Morgan fingerprint density at radius 2 is 1.94 bits per heavy atom. The third-order valence-electron chi connectivity index (χ3n) is 8.36. The summed E-state index contributed by atoms with van der Waals surface area (Å²) in [7, 11) is 0. The van der Waals surface area contributed by atoms with E-state index in [0.29, 0.717) is 17.0 Å². The lowest BCUT2D eigenvalue weighted by atomic mass is 9.73. The molecule has 35 heavy (non-hydrogen) atoms. The fourth-order valence-corrected chi connectivity index (χ4v) is 5.90. The van der Waals surface area contributed by atoms with Gasteiger partial charge in [0, 0.05) is 38.4 Å². The number of amides is 1. The molecule has 1 N–H and O–H groups in total. The van der Waals surface area contributed by atoms with Gasteiger partial charge in [-0.2, -0.15) is 5.10 Å². The fraction of sp³-hybridized carbons (Fsp3) is 0.655. The van der Waals surface area contributed by atoms with E-state index in [0.717, 1.165) is 69.4 Å². The first-order valence-corrected chi connectivity index (χ1v) is 13.8. The number of aromatic nitrogens is 2. The van der Waals surface area contributed by atoms with Gasteiger partial charge >= 0.3 is 0 Å². The molecule has 5 rings (SSSR count). The lowest BCUT2D eigenvalue weighted by molar-refractivity contribution is 0.0365. The molecule has 190 valence electrons. The summed E-state index contributed by atoms with van der Waals surface area (Å²) in [6.45, 7) is 9.97. The van der Waals surface area contributed by atoms with Crippen molar-refractivity contribution >= 4 is 5.91 Å². The van der Waals surface area contributed by atoms with Crippen LogP contribution in [0.1, 0.15) is 86.5 Å². The van der Waals surface area contributed by atoms with Crippen LogP contribution in [0.25, 0.3) is 0 Å². The van der Waals surface area contributed by atoms with Crippen LogP contribution in [0.4, 0.5) is 0 Å². The summed E-state index contributed by atoms with van der Waals surface area (Å²) in [6.07, 6.45) is 9.67.